The summed E-state index contributed by atoms with van der Waals surface area (Å²) in [6.45, 7) is 8.04. The van der Waals surface area contributed by atoms with E-state index in [1.54, 1.807) is 12.3 Å². The maximum atomic E-state index is 12.5. The third kappa shape index (κ3) is 4.45. The van der Waals surface area contributed by atoms with Gasteiger partial charge in [-0.15, -0.1) is 0 Å². The summed E-state index contributed by atoms with van der Waals surface area (Å²) >= 11 is 0. The van der Waals surface area contributed by atoms with Gasteiger partial charge in [0.05, 0.1) is 5.71 Å². The van der Waals surface area contributed by atoms with Gasteiger partial charge in [-0.3, -0.25) is 9.78 Å². The molecular formula is C25H29N3O2. The van der Waals surface area contributed by atoms with Crippen LogP contribution in [0, 0.1) is 0 Å². The zero-order valence-corrected chi connectivity index (χ0v) is 18.0. The van der Waals surface area contributed by atoms with Gasteiger partial charge in [0.2, 0.25) is 0 Å². The Labute approximate surface area is 178 Å². The van der Waals surface area contributed by atoms with E-state index in [0.717, 1.165) is 49.3 Å². The summed E-state index contributed by atoms with van der Waals surface area (Å²) in [5, 5.41) is 4.37. The van der Waals surface area contributed by atoms with Crippen molar-refractivity contribution in [3.05, 3.63) is 77.8 Å². The summed E-state index contributed by atoms with van der Waals surface area (Å²) in [6, 6.07) is 14.0. The van der Waals surface area contributed by atoms with E-state index in [9.17, 15) is 4.79 Å². The zero-order chi connectivity index (χ0) is 21.2. The number of rotatable bonds is 4. The number of likely N-dealkylation sites (tertiary alicyclic amines) is 1. The molecule has 1 fully saturated rings. The maximum Gasteiger partial charge on any atom is 0.188 e. The second kappa shape index (κ2) is 8.05. The molecule has 0 unspecified atom stereocenters. The first-order chi connectivity index (χ1) is 14.3. The number of aromatic nitrogens is 1. The highest BCUT2D eigenvalue weighted by atomic mass is 16.7. The fourth-order valence-electron chi connectivity index (χ4n) is 3.91. The van der Waals surface area contributed by atoms with E-state index >= 15 is 0 Å². The Hall–Kier alpha value is -2.95. The first kappa shape index (κ1) is 20.3. The number of allylic oxidation sites excluding steroid dienone is 1. The average Bonchev–Trinajstić information content (AvgIpc) is 3.17. The summed E-state index contributed by atoms with van der Waals surface area (Å²) in [4.78, 5) is 25.0. The fourth-order valence-corrected chi connectivity index (χ4v) is 3.91. The van der Waals surface area contributed by atoms with Crippen LogP contribution in [0.2, 0.25) is 0 Å². The number of piperidine rings is 1. The van der Waals surface area contributed by atoms with Crippen LogP contribution in [0.4, 0.5) is 0 Å². The van der Waals surface area contributed by atoms with Crippen molar-refractivity contribution in [3.8, 4) is 0 Å². The number of oxime groups is 1. The minimum atomic E-state index is -0.202. The third-order valence-electron chi connectivity index (χ3n) is 5.91. The van der Waals surface area contributed by atoms with Gasteiger partial charge in [0.25, 0.3) is 0 Å². The molecule has 1 aromatic heterocycles. The van der Waals surface area contributed by atoms with Crippen molar-refractivity contribution in [2.45, 2.75) is 51.0 Å². The van der Waals surface area contributed by atoms with E-state index in [1.165, 1.54) is 0 Å². The molecule has 4 rings (SSSR count). The molecule has 0 bridgehead atoms. The van der Waals surface area contributed by atoms with Crippen molar-refractivity contribution in [1.29, 1.82) is 0 Å². The van der Waals surface area contributed by atoms with E-state index in [0.29, 0.717) is 5.56 Å². The van der Waals surface area contributed by atoms with Crippen LogP contribution in [-0.2, 0) is 10.3 Å². The van der Waals surface area contributed by atoms with Gasteiger partial charge >= 0.3 is 0 Å². The van der Waals surface area contributed by atoms with Crippen molar-refractivity contribution in [2.75, 3.05) is 13.1 Å². The molecule has 0 atom stereocenters. The van der Waals surface area contributed by atoms with Crippen LogP contribution in [-0.4, -0.2) is 40.1 Å². The number of nitrogens with zero attached hydrogens (tertiary/aromatic N) is 3. The molecule has 2 aliphatic rings. The van der Waals surface area contributed by atoms with Crippen molar-refractivity contribution in [3.63, 3.8) is 0 Å². The lowest BCUT2D eigenvalue weighted by molar-refractivity contribution is -0.0550. The Balaban J connectivity index is 1.31. The SMILES string of the molecule is CC(C)(C)c1ccc(C(=O)C=CN2CCC3(CC2)CC(c2ccccc2)=NO3)cn1. The average molecular weight is 404 g/mol. The number of carbonyl (C=O) groups is 1. The second-order valence-electron chi connectivity index (χ2n) is 9.25. The normalized spacial score (nSPS) is 18.5. The van der Waals surface area contributed by atoms with Gasteiger partial charge in [0.1, 0.15) is 5.60 Å². The highest BCUT2D eigenvalue weighted by molar-refractivity contribution is 6.04. The molecular weight excluding hydrogens is 374 g/mol. The Kier molecular flexibility index (Phi) is 5.46. The first-order valence-corrected chi connectivity index (χ1v) is 10.6. The molecule has 0 saturated carbocycles. The number of hydrogen-bond acceptors (Lipinski definition) is 5. The molecule has 1 saturated heterocycles. The molecule has 2 aromatic rings. The molecule has 2 aliphatic heterocycles. The predicted molar refractivity (Wildman–Crippen MR) is 119 cm³/mol. The van der Waals surface area contributed by atoms with Crippen LogP contribution < -0.4 is 0 Å². The fraction of sp³-hybridized carbons (Fsp3) is 0.400. The summed E-state index contributed by atoms with van der Waals surface area (Å²) in [5.74, 6) is -0.0185. The highest BCUT2D eigenvalue weighted by Crippen LogP contribution is 2.36. The molecule has 0 N–H and O–H groups in total. The molecule has 0 radical (unpaired) electrons. The quantitative estimate of drug-likeness (QED) is 0.547. The lowest BCUT2D eigenvalue weighted by Gasteiger charge is -2.36. The van der Waals surface area contributed by atoms with Crippen molar-refractivity contribution in [2.24, 2.45) is 5.16 Å². The van der Waals surface area contributed by atoms with Crippen LogP contribution in [0.15, 0.2) is 66.1 Å². The standard InChI is InChI=1S/C25H29N3O2/c1-24(2,3)23-10-9-20(18-26-23)22(29)11-14-28-15-12-25(13-16-28)17-21(27-30-25)19-7-5-4-6-8-19/h4-11,14,18H,12-13,15-17H2,1-3H3. The van der Waals surface area contributed by atoms with Crippen molar-refractivity contribution in [1.82, 2.24) is 9.88 Å². The topological polar surface area (TPSA) is 54.8 Å². The third-order valence-corrected chi connectivity index (χ3v) is 5.91. The molecule has 5 nitrogen and oxygen atoms in total. The predicted octanol–water partition coefficient (Wildman–Crippen LogP) is 4.73. The lowest BCUT2D eigenvalue weighted by atomic mass is 9.85. The molecule has 3 heterocycles. The van der Waals surface area contributed by atoms with E-state index in [-0.39, 0.29) is 16.8 Å². The number of ketones is 1. The Morgan fingerprint density at radius 1 is 1.10 bits per heavy atom. The summed E-state index contributed by atoms with van der Waals surface area (Å²) in [6.07, 6.45) is 7.86. The van der Waals surface area contributed by atoms with Crippen molar-refractivity contribution < 1.29 is 9.63 Å². The van der Waals surface area contributed by atoms with Gasteiger partial charge in [-0.05, 0) is 17.7 Å². The van der Waals surface area contributed by atoms with Gasteiger partial charge in [-0.25, -0.2) is 0 Å². The number of hydrogen-bond donors (Lipinski definition) is 0. The second-order valence-corrected chi connectivity index (χ2v) is 9.25. The summed E-state index contributed by atoms with van der Waals surface area (Å²) in [5.41, 5.74) is 3.54. The van der Waals surface area contributed by atoms with Gasteiger partial charge in [-0.1, -0.05) is 56.3 Å². The first-order valence-electron chi connectivity index (χ1n) is 10.6. The van der Waals surface area contributed by atoms with E-state index in [2.05, 4.69) is 47.9 Å². The Morgan fingerprint density at radius 2 is 1.83 bits per heavy atom. The van der Waals surface area contributed by atoms with Gasteiger partial charge < -0.3 is 9.74 Å². The molecule has 1 aromatic carbocycles. The van der Waals surface area contributed by atoms with Crippen LogP contribution in [0.25, 0.3) is 0 Å². The minimum absolute atomic E-state index is 0.0185. The highest BCUT2D eigenvalue weighted by Gasteiger charge is 2.41. The van der Waals surface area contributed by atoms with E-state index in [4.69, 9.17) is 4.84 Å². The molecule has 156 valence electrons. The van der Waals surface area contributed by atoms with E-state index < -0.39 is 0 Å². The van der Waals surface area contributed by atoms with Gasteiger partial charge in [0, 0.05) is 67.5 Å². The molecule has 1 spiro atoms. The van der Waals surface area contributed by atoms with Crippen LogP contribution >= 0.6 is 0 Å². The van der Waals surface area contributed by atoms with Crippen LogP contribution in [0.1, 0.15) is 61.6 Å². The number of benzene rings is 1. The van der Waals surface area contributed by atoms with E-state index in [1.807, 2.05) is 36.5 Å². The molecule has 0 amide bonds. The number of carbonyl (C=O) groups excluding carboxylic acids is 1. The lowest BCUT2D eigenvalue weighted by Crippen LogP contribution is -2.42. The summed E-state index contributed by atoms with van der Waals surface area (Å²) in [7, 11) is 0. The largest absolute Gasteiger partial charge is 0.388 e. The zero-order valence-electron chi connectivity index (χ0n) is 18.0. The Bertz CT molecular complexity index is 948. The minimum Gasteiger partial charge on any atom is -0.388 e. The molecule has 30 heavy (non-hydrogen) atoms. The maximum absolute atomic E-state index is 12.5. The molecule has 0 aliphatic carbocycles. The van der Waals surface area contributed by atoms with Crippen LogP contribution in [0.3, 0.4) is 0 Å². The number of pyridine rings is 1. The monoisotopic (exact) mass is 403 g/mol. The van der Waals surface area contributed by atoms with Gasteiger partial charge in [-0.2, -0.15) is 0 Å². The smallest absolute Gasteiger partial charge is 0.188 e. The Morgan fingerprint density at radius 3 is 2.47 bits per heavy atom. The van der Waals surface area contributed by atoms with Gasteiger partial charge in [0.15, 0.2) is 5.78 Å². The molecule has 5 heteroatoms. The van der Waals surface area contributed by atoms with Crippen molar-refractivity contribution >= 4 is 11.5 Å². The van der Waals surface area contributed by atoms with Crippen LogP contribution in [0.5, 0.6) is 0 Å². The summed E-state index contributed by atoms with van der Waals surface area (Å²) < 4.78 is 0.